The van der Waals surface area contributed by atoms with Gasteiger partial charge >= 0.3 is 0 Å². The average molecular weight is 387 g/mol. The van der Waals surface area contributed by atoms with E-state index in [1.54, 1.807) is 17.0 Å². The first-order valence-electron chi connectivity index (χ1n) is 8.88. The fourth-order valence-electron chi connectivity index (χ4n) is 3.18. The molecular formula is C21H20ClFN2O2. The summed E-state index contributed by atoms with van der Waals surface area (Å²) in [6.45, 7) is 2.24. The largest absolute Gasteiger partial charge is 0.376 e. The normalized spacial score (nSPS) is 14.8. The first kappa shape index (κ1) is 19.3. The molecule has 1 amide bonds. The standard InChI is InChI=1S/C21H20ClFN2O2/c22-18-2-1-3-19(23)20(18)21(26)25-10-8-17(9-11-25)14-27-13-16-6-4-15(12-24)5-7-16/h1-7,17H,8-11,13-14H2. The summed E-state index contributed by atoms with van der Waals surface area (Å²) in [7, 11) is 0. The van der Waals surface area contributed by atoms with Crippen LogP contribution in [0.1, 0.15) is 34.3 Å². The van der Waals surface area contributed by atoms with Crippen molar-refractivity contribution in [3.05, 3.63) is 70.0 Å². The predicted molar refractivity (Wildman–Crippen MR) is 101 cm³/mol. The second-order valence-corrected chi connectivity index (χ2v) is 7.06. The number of benzene rings is 2. The summed E-state index contributed by atoms with van der Waals surface area (Å²) < 4.78 is 19.7. The van der Waals surface area contributed by atoms with E-state index in [4.69, 9.17) is 21.6 Å². The molecule has 0 atom stereocenters. The van der Waals surface area contributed by atoms with Gasteiger partial charge in [0.15, 0.2) is 0 Å². The topological polar surface area (TPSA) is 53.3 Å². The van der Waals surface area contributed by atoms with Gasteiger partial charge in [0.25, 0.3) is 5.91 Å². The fourth-order valence-corrected chi connectivity index (χ4v) is 3.43. The molecule has 0 radical (unpaired) electrons. The zero-order valence-electron chi connectivity index (χ0n) is 14.8. The third-order valence-corrected chi connectivity index (χ3v) is 5.10. The van der Waals surface area contributed by atoms with E-state index in [2.05, 4.69) is 6.07 Å². The third-order valence-electron chi connectivity index (χ3n) is 4.78. The van der Waals surface area contributed by atoms with Gasteiger partial charge in [-0.15, -0.1) is 0 Å². The molecule has 2 aromatic carbocycles. The molecule has 0 saturated carbocycles. The molecule has 0 spiro atoms. The predicted octanol–water partition coefficient (Wildman–Crippen LogP) is 4.42. The van der Waals surface area contributed by atoms with E-state index >= 15 is 0 Å². The molecule has 0 aliphatic carbocycles. The number of piperidine rings is 1. The van der Waals surface area contributed by atoms with E-state index in [-0.39, 0.29) is 16.5 Å². The van der Waals surface area contributed by atoms with Crippen molar-refractivity contribution in [3.63, 3.8) is 0 Å². The molecule has 1 fully saturated rings. The Morgan fingerprint density at radius 1 is 1.22 bits per heavy atom. The summed E-state index contributed by atoms with van der Waals surface area (Å²) >= 11 is 5.99. The Labute approximate surface area is 163 Å². The number of hydrogen-bond acceptors (Lipinski definition) is 3. The number of ether oxygens (including phenoxy) is 1. The molecule has 27 heavy (non-hydrogen) atoms. The molecule has 1 saturated heterocycles. The zero-order chi connectivity index (χ0) is 19.2. The van der Waals surface area contributed by atoms with E-state index in [0.29, 0.717) is 37.8 Å². The maximum atomic E-state index is 13.9. The molecule has 140 valence electrons. The zero-order valence-corrected chi connectivity index (χ0v) is 15.6. The van der Waals surface area contributed by atoms with Crippen LogP contribution in [0.2, 0.25) is 5.02 Å². The molecule has 0 bridgehead atoms. The molecule has 1 aliphatic rings. The number of nitriles is 1. The molecular weight excluding hydrogens is 367 g/mol. The SMILES string of the molecule is N#Cc1ccc(COCC2CCN(C(=O)c3c(F)cccc3Cl)CC2)cc1. The Morgan fingerprint density at radius 2 is 1.93 bits per heavy atom. The minimum atomic E-state index is -0.583. The molecule has 3 rings (SSSR count). The van der Waals surface area contributed by atoms with Crippen molar-refractivity contribution in [1.29, 1.82) is 5.26 Å². The molecule has 1 heterocycles. The average Bonchev–Trinajstić information content (AvgIpc) is 2.69. The lowest BCUT2D eigenvalue weighted by atomic mass is 9.97. The van der Waals surface area contributed by atoms with Crippen LogP contribution in [-0.2, 0) is 11.3 Å². The first-order chi connectivity index (χ1) is 13.1. The van der Waals surface area contributed by atoms with Gasteiger partial charge in [-0.1, -0.05) is 29.8 Å². The van der Waals surface area contributed by atoms with Crippen LogP contribution in [0.4, 0.5) is 4.39 Å². The fraction of sp³-hybridized carbons (Fsp3) is 0.333. The number of rotatable bonds is 5. The maximum Gasteiger partial charge on any atom is 0.258 e. The van der Waals surface area contributed by atoms with Crippen LogP contribution in [-0.4, -0.2) is 30.5 Å². The van der Waals surface area contributed by atoms with E-state index in [1.165, 1.54) is 18.2 Å². The number of hydrogen-bond donors (Lipinski definition) is 0. The third kappa shape index (κ3) is 4.85. The maximum absolute atomic E-state index is 13.9. The van der Waals surface area contributed by atoms with Gasteiger partial charge in [0.2, 0.25) is 0 Å². The monoisotopic (exact) mass is 386 g/mol. The molecule has 4 nitrogen and oxygen atoms in total. The van der Waals surface area contributed by atoms with E-state index in [9.17, 15) is 9.18 Å². The number of carbonyl (C=O) groups is 1. The molecule has 1 aliphatic heterocycles. The number of amides is 1. The Bertz CT molecular complexity index is 820. The van der Waals surface area contributed by atoms with Crippen LogP contribution in [0.3, 0.4) is 0 Å². The smallest absolute Gasteiger partial charge is 0.258 e. The van der Waals surface area contributed by atoms with Crippen LogP contribution in [0.5, 0.6) is 0 Å². The quantitative estimate of drug-likeness (QED) is 0.764. The van der Waals surface area contributed by atoms with Crippen LogP contribution in [0.15, 0.2) is 42.5 Å². The Morgan fingerprint density at radius 3 is 2.56 bits per heavy atom. The lowest BCUT2D eigenvalue weighted by Crippen LogP contribution is -2.39. The van der Waals surface area contributed by atoms with Crippen LogP contribution < -0.4 is 0 Å². The molecule has 6 heteroatoms. The van der Waals surface area contributed by atoms with Gasteiger partial charge in [-0.2, -0.15) is 5.26 Å². The summed E-state index contributed by atoms with van der Waals surface area (Å²) in [5, 5.41) is 8.95. The summed E-state index contributed by atoms with van der Waals surface area (Å²) in [4.78, 5) is 14.2. The number of likely N-dealkylation sites (tertiary alicyclic amines) is 1. The Hall–Kier alpha value is -2.42. The van der Waals surface area contributed by atoms with Crippen LogP contribution >= 0.6 is 11.6 Å². The lowest BCUT2D eigenvalue weighted by molar-refractivity contribution is 0.0476. The molecule has 0 unspecified atom stereocenters. The van der Waals surface area contributed by atoms with Crippen molar-refractivity contribution < 1.29 is 13.9 Å². The highest BCUT2D eigenvalue weighted by atomic mass is 35.5. The van der Waals surface area contributed by atoms with Gasteiger partial charge in [-0.3, -0.25) is 4.79 Å². The highest BCUT2D eigenvalue weighted by Gasteiger charge is 2.26. The minimum absolute atomic E-state index is 0.0466. The minimum Gasteiger partial charge on any atom is -0.376 e. The van der Waals surface area contributed by atoms with E-state index in [1.807, 2.05) is 12.1 Å². The Kier molecular flexibility index (Phi) is 6.44. The summed E-state index contributed by atoms with van der Waals surface area (Å²) in [6, 6.07) is 13.7. The van der Waals surface area contributed by atoms with Crippen molar-refractivity contribution in [2.75, 3.05) is 19.7 Å². The summed E-state index contributed by atoms with van der Waals surface area (Å²) in [5.74, 6) is -0.570. The van der Waals surface area contributed by atoms with Crippen molar-refractivity contribution >= 4 is 17.5 Å². The number of carbonyl (C=O) groups excluding carboxylic acids is 1. The first-order valence-corrected chi connectivity index (χ1v) is 9.26. The molecule has 0 N–H and O–H groups in total. The van der Waals surface area contributed by atoms with Gasteiger partial charge in [0.1, 0.15) is 5.82 Å². The van der Waals surface area contributed by atoms with Gasteiger partial charge in [-0.25, -0.2) is 4.39 Å². The number of halogens is 2. The highest BCUT2D eigenvalue weighted by molar-refractivity contribution is 6.33. The van der Waals surface area contributed by atoms with Crippen LogP contribution in [0.25, 0.3) is 0 Å². The van der Waals surface area contributed by atoms with Gasteiger partial charge in [0.05, 0.1) is 28.8 Å². The summed E-state index contributed by atoms with van der Waals surface area (Å²) in [6.07, 6.45) is 1.62. The van der Waals surface area contributed by atoms with E-state index in [0.717, 1.165) is 18.4 Å². The van der Waals surface area contributed by atoms with Crippen molar-refractivity contribution in [2.24, 2.45) is 5.92 Å². The van der Waals surface area contributed by atoms with Crippen molar-refractivity contribution in [2.45, 2.75) is 19.4 Å². The van der Waals surface area contributed by atoms with Crippen LogP contribution in [0, 0.1) is 23.1 Å². The molecule has 0 aromatic heterocycles. The number of nitrogens with zero attached hydrogens (tertiary/aromatic N) is 2. The second kappa shape index (κ2) is 8.98. The van der Waals surface area contributed by atoms with E-state index < -0.39 is 5.82 Å². The van der Waals surface area contributed by atoms with Gasteiger partial charge in [-0.05, 0) is 48.6 Å². The lowest BCUT2D eigenvalue weighted by Gasteiger charge is -2.32. The highest BCUT2D eigenvalue weighted by Crippen LogP contribution is 2.24. The van der Waals surface area contributed by atoms with Gasteiger partial charge < -0.3 is 9.64 Å². The van der Waals surface area contributed by atoms with Gasteiger partial charge in [0, 0.05) is 19.7 Å². The van der Waals surface area contributed by atoms with Crippen molar-refractivity contribution in [3.8, 4) is 6.07 Å². The second-order valence-electron chi connectivity index (χ2n) is 6.66. The Balaban J connectivity index is 1.46. The van der Waals surface area contributed by atoms with Crippen molar-refractivity contribution in [1.82, 2.24) is 4.90 Å². The summed E-state index contributed by atoms with van der Waals surface area (Å²) in [5.41, 5.74) is 1.61. The molecule has 2 aromatic rings.